The number of ether oxygens (including phenoxy) is 1. The van der Waals surface area contributed by atoms with Gasteiger partial charge in [0.1, 0.15) is 11.4 Å². The van der Waals surface area contributed by atoms with E-state index in [2.05, 4.69) is 9.72 Å². The molecule has 2 rings (SSSR count). The highest BCUT2D eigenvalue weighted by Crippen LogP contribution is 2.23. The Kier molecular flexibility index (Phi) is 5.10. The number of rotatable bonds is 4. The van der Waals surface area contributed by atoms with Crippen LogP contribution in [0.1, 0.15) is 16.1 Å². The van der Waals surface area contributed by atoms with Crippen LogP contribution >= 0.6 is 11.6 Å². The van der Waals surface area contributed by atoms with Gasteiger partial charge in [0.05, 0.1) is 0 Å². The van der Waals surface area contributed by atoms with Crippen molar-refractivity contribution in [3.63, 3.8) is 0 Å². The van der Waals surface area contributed by atoms with E-state index in [9.17, 15) is 18.0 Å². The zero-order valence-electron chi connectivity index (χ0n) is 12.0. The van der Waals surface area contributed by atoms with E-state index in [1.807, 2.05) is 0 Å². The van der Waals surface area contributed by atoms with Gasteiger partial charge in [0.15, 0.2) is 0 Å². The number of hydrogen-bond acceptors (Lipinski definition) is 3. The number of pyridine rings is 1. The van der Waals surface area contributed by atoms with Crippen molar-refractivity contribution in [3.05, 3.63) is 58.9 Å². The largest absolute Gasteiger partial charge is 0.573 e. The number of carbonyl (C=O) groups excluding carboxylic acids is 1. The van der Waals surface area contributed by atoms with Gasteiger partial charge >= 0.3 is 6.36 Å². The second kappa shape index (κ2) is 6.87. The lowest BCUT2D eigenvalue weighted by atomic mass is 10.2. The van der Waals surface area contributed by atoms with Crippen LogP contribution in [0.25, 0.3) is 0 Å². The first kappa shape index (κ1) is 17.1. The maximum Gasteiger partial charge on any atom is 0.573 e. The summed E-state index contributed by atoms with van der Waals surface area (Å²) >= 11 is 5.81. The summed E-state index contributed by atoms with van der Waals surface area (Å²) in [6.07, 6.45) is -3.31. The van der Waals surface area contributed by atoms with Crippen molar-refractivity contribution in [2.75, 3.05) is 7.05 Å². The average molecular weight is 345 g/mol. The third-order valence-corrected chi connectivity index (χ3v) is 3.10. The van der Waals surface area contributed by atoms with Gasteiger partial charge in [-0.3, -0.25) is 9.78 Å². The van der Waals surface area contributed by atoms with Crippen LogP contribution in [0.2, 0.25) is 5.02 Å². The van der Waals surface area contributed by atoms with E-state index in [-0.39, 0.29) is 23.9 Å². The highest BCUT2D eigenvalue weighted by atomic mass is 35.5. The Hall–Kier alpha value is -2.28. The van der Waals surface area contributed by atoms with Crippen LogP contribution in [-0.4, -0.2) is 29.2 Å². The van der Waals surface area contributed by atoms with Crippen LogP contribution < -0.4 is 4.74 Å². The molecule has 1 heterocycles. The van der Waals surface area contributed by atoms with Gasteiger partial charge in [0, 0.05) is 24.8 Å². The number of carbonyl (C=O) groups is 1. The van der Waals surface area contributed by atoms with E-state index >= 15 is 0 Å². The standard InChI is InChI=1S/C15H12ClF3N2O2/c1-21(14(22)13-8-11(16)6-7-20-13)9-10-2-4-12(5-3-10)23-15(17,18)19/h2-8H,9H2,1H3. The Morgan fingerprint density at radius 3 is 2.48 bits per heavy atom. The minimum atomic E-state index is -4.73. The fourth-order valence-electron chi connectivity index (χ4n) is 1.86. The second-order valence-electron chi connectivity index (χ2n) is 4.71. The van der Waals surface area contributed by atoms with E-state index in [0.717, 1.165) is 0 Å². The van der Waals surface area contributed by atoms with Crippen LogP contribution in [0.15, 0.2) is 42.6 Å². The highest BCUT2D eigenvalue weighted by molar-refractivity contribution is 6.30. The van der Waals surface area contributed by atoms with Gasteiger partial charge < -0.3 is 9.64 Å². The monoisotopic (exact) mass is 344 g/mol. The molecule has 23 heavy (non-hydrogen) atoms. The van der Waals surface area contributed by atoms with Crippen molar-refractivity contribution in [1.82, 2.24) is 9.88 Å². The van der Waals surface area contributed by atoms with Gasteiger partial charge in [-0.1, -0.05) is 23.7 Å². The molecule has 2 aromatic rings. The van der Waals surface area contributed by atoms with Crippen LogP contribution in [-0.2, 0) is 6.54 Å². The lowest BCUT2D eigenvalue weighted by Crippen LogP contribution is -2.27. The lowest BCUT2D eigenvalue weighted by Gasteiger charge is -2.17. The molecule has 8 heteroatoms. The molecule has 1 amide bonds. The molecule has 0 N–H and O–H groups in total. The fourth-order valence-corrected chi connectivity index (χ4v) is 2.02. The Bertz CT molecular complexity index is 690. The van der Waals surface area contributed by atoms with Crippen molar-refractivity contribution in [2.24, 2.45) is 0 Å². The summed E-state index contributed by atoms with van der Waals surface area (Å²) in [5.41, 5.74) is 0.842. The van der Waals surface area contributed by atoms with E-state index in [0.29, 0.717) is 10.6 Å². The third-order valence-electron chi connectivity index (χ3n) is 2.86. The molecular formula is C15H12ClF3N2O2. The van der Waals surface area contributed by atoms with Crippen molar-refractivity contribution < 1.29 is 22.7 Å². The van der Waals surface area contributed by atoms with Crippen LogP contribution in [0.3, 0.4) is 0 Å². The molecular weight excluding hydrogens is 333 g/mol. The van der Waals surface area contributed by atoms with Crippen molar-refractivity contribution in [2.45, 2.75) is 12.9 Å². The Morgan fingerprint density at radius 2 is 1.91 bits per heavy atom. The minimum absolute atomic E-state index is 0.192. The highest BCUT2D eigenvalue weighted by Gasteiger charge is 2.30. The van der Waals surface area contributed by atoms with E-state index < -0.39 is 6.36 Å². The lowest BCUT2D eigenvalue weighted by molar-refractivity contribution is -0.274. The quantitative estimate of drug-likeness (QED) is 0.844. The summed E-state index contributed by atoms with van der Waals surface area (Å²) in [5.74, 6) is -0.658. The first-order chi connectivity index (χ1) is 10.7. The summed E-state index contributed by atoms with van der Waals surface area (Å²) in [6.45, 7) is 0.208. The average Bonchev–Trinajstić information content (AvgIpc) is 2.47. The second-order valence-corrected chi connectivity index (χ2v) is 5.15. The van der Waals surface area contributed by atoms with E-state index in [1.54, 1.807) is 13.1 Å². The van der Waals surface area contributed by atoms with Crippen LogP contribution in [0.5, 0.6) is 5.75 Å². The molecule has 0 fully saturated rings. The molecule has 0 atom stereocenters. The summed E-state index contributed by atoms with van der Waals surface area (Å²) in [5, 5.41) is 0.394. The van der Waals surface area contributed by atoms with Gasteiger partial charge in [-0.2, -0.15) is 0 Å². The number of benzene rings is 1. The number of amides is 1. The van der Waals surface area contributed by atoms with Crippen LogP contribution in [0, 0.1) is 0 Å². The third kappa shape index (κ3) is 5.14. The molecule has 0 spiro atoms. The van der Waals surface area contributed by atoms with Gasteiger partial charge in [0.2, 0.25) is 0 Å². The van der Waals surface area contributed by atoms with E-state index in [1.165, 1.54) is 41.4 Å². The number of halogens is 4. The Labute approximate surface area is 135 Å². The molecule has 1 aromatic heterocycles. The summed E-state index contributed by atoms with van der Waals surface area (Å²) in [6, 6.07) is 8.29. The summed E-state index contributed by atoms with van der Waals surface area (Å²) < 4.78 is 40.0. The smallest absolute Gasteiger partial charge is 0.406 e. The summed E-state index contributed by atoms with van der Waals surface area (Å²) in [4.78, 5) is 17.5. The van der Waals surface area contributed by atoms with Crippen molar-refractivity contribution in [1.29, 1.82) is 0 Å². The normalized spacial score (nSPS) is 11.2. The zero-order chi connectivity index (χ0) is 17.0. The van der Waals surface area contributed by atoms with Crippen molar-refractivity contribution >= 4 is 17.5 Å². The van der Waals surface area contributed by atoms with E-state index in [4.69, 9.17) is 11.6 Å². The molecule has 0 bridgehead atoms. The molecule has 0 aliphatic carbocycles. The molecule has 0 saturated carbocycles. The number of nitrogens with zero attached hydrogens (tertiary/aromatic N) is 2. The molecule has 122 valence electrons. The SMILES string of the molecule is CN(Cc1ccc(OC(F)(F)F)cc1)C(=O)c1cc(Cl)ccn1. The zero-order valence-corrected chi connectivity index (χ0v) is 12.7. The fraction of sp³-hybridized carbons (Fsp3) is 0.200. The predicted molar refractivity (Wildman–Crippen MR) is 78.2 cm³/mol. The first-order valence-electron chi connectivity index (χ1n) is 6.46. The molecule has 0 radical (unpaired) electrons. The molecule has 1 aromatic carbocycles. The molecule has 0 aliphatic rings. The molecule has 4 nitrogen and oxygen atoms in total. The number of alkyl halides is 3. The van der Waals surface area contributed by atoms with Gasteiger partial charge in [-0.05, 0) is 29.8 Å². The minimum Gasteiger partial charge on any atom is -0.406 e. The Balaban J connectivity index is 2.02. The topological polar surface area (TPSA) is 42.4 Å². The van der Waals surface area contributed by atoms with Crippen molar-refractivity contribution in [3.8, 4) is 5.75 Å². The molecule has 0 saturated heterocycles. The molecule has 0 aliphatic heterocycles. The first-order valence-corrected chi connectivity index (χ1v) is 6.84. The number of aromatic nitrogens is 1. The molecule has 0 unspecified atom stereocenters. The van der Waals surface area contributed by atoms with Gasteiger partial charge in [-0.25, -0.2) is 0 Å². The maximum absolute atomic E-state index is 12.2. The maximum atomic E-state index is 12.2. The summed E-state index contributed by atoms with van der Waals surface area (Å²) in [7, 11) is 1.56. The van der Waals surface area contributed by atoms with Gasteiger partial charge in [0.25, 0.3) is 5.91 Å². The number of hydrogen-bond donors (Lipinski definition) is 0. The Morgan fingerprint density at radius 1 is 1.26 bits per heavy atom. The predicted octanol–water partition coefficient (Wildman–Crippen LogP) is 3.91. The van der Waals surface area contributed by atoms with Gasteiger partial charge in [-0.15, -0.1) is 13.2 Å². The van der Waals surface area contributed by atoms with Crippen LogP contribution in [0.4, 0.5) is 13.2 Å².